The van der Waals surface area contributed by atoms with Crippen molar-refractivity contribution in [3.63, 3.8) is 0 Å². The molecule has 6 heteroatoms. The molecule has 32 heavy (non-hydrogen) atoms. The van der Waals surface area contributed by atoms with Crippen molar-refractivity contribution in [2.45, 2.75) is 77.0 Å². The SMILES string of the molecule is CC(C)(C)OC(=O)N(c1ccc([C@H]2CCCN2C(=O)c2ccccc2)cn1)C1CCCC1. The molecule has 1 aliphatic carbocycles. The van der Waals surface area contributed by atoms with Crippen LogP contribution in [0.25, 0.3) is 0 Å². The summed E-state index contributed by atoms with van der Waals surface area (Å²) in [7, 11) is 0. The van der Waals surface area contributed by atoms with Gasteiger partial charge in [0.25, 0.3) is 5.91 Å². The van der Waals surface area contributed by atoms with Crippen LogP contribution in [0.2, 0.25) is 0 Å². The number of rotatable bonds is 4. The van der Waals surface area contributed by atoms with E-state index < -0.39 is 5.60 Å². The second kappa shape index (κ2) is 9.31. The number of nitrogens with zero attached hydrogens (tertiary/aromatic N) is 3. The Balaban J connectivity index is 1.55. The van der Waals surface area contributed by atoms with Gasteiger partial charge in [0.2, 0.25) is 0 Å². The molecule has 2 aliphatic rings. The first-order valence-electron chi connectivity index (χ1n) is 11.7. The van der Waals surface area contributed by atoms with E-state index in [0.29, 0.717) is 11.4 Å². The van der Waals surface area contributed by atoms with Crippen LogP contribution in [0.1, 0.15) is 81.3 Å². The number of hydrogen-bond acceptors (Lipinski definition) is 4. The van der Waals surface area contributed by atoms with Crippen LogP contribution < -0.4 is 4.90 Å². The molecule has 170 valence electrons. The minimum absolute atomic E-state index is 0.00529. The lowest BCUT2D eigenvalue weighted by Crippen LogP contribution is -2.43. The van der Waals surface area contributed by atoms with Gasteiger partial charge in [-0.3, -0.25) is 9.69 Å². The van der Waals surface area contributed by atoms with Crippen LogP contribution in [0.4, 0.5) is 10.6 Å². The Morgan fingerprint density at radius 3 is 2.34 bits per heavy atom. The first kappa shape index (κ1) is 22.3. The second-order valence-corrected chi connectivity index (χ2v) is 9.76. The normalized spacial score (nSPS) is 19.2. The molecule has 1 atom stereocenters. The largest absolute Gasteiger partial charge is 0.443 e. The molecule has 2 heterocycles. The van der Waals surface area contributed by atoms with Crippen molar-refractivity contribution in [2.24, 2.45) is 0 Å². The minimum Gasteiger partial charge on any atom is -0.443 e. The Morgan fingerprint density at radius 2 is 1.72 bits per heavy atom. The van der Waals surface area contributed by atoms with Crippen molar-refractivity contribution in [2.75, 3.05) is 11.4 Å². The van der Waals surface area contributed by atoms with Crippen LogP contribution in [0.5, 0.6) is 0 Å². The third-order valence-electron chi connectivity index (χ3n) is 6.22. The van der Waals surface area contributed by atoms with Crippen molar-refractivity contribution in [3.8, 4) is 0 Å². The van der Waals surface area contributed by atoms with Gasteiger partial charge in [0, 0.05) is 24.3 Å². The van der Waals surface area contributed by atoms with E-state index in [1.165, 1.54) is 0 Å². The van der Waals surface area contributed by atoms with Gasteiger partial charge in [-0.2, -0.15) is 0 Å². The number of pyridine rings is 1. The number of anilines is 1. The fraction of sp³-hybridized carbons (Fsp3) is 0.500. The van der Waals surface area contributed by atoms with E-state index in [1.807, 2.05) is 74.3 Å². The first-order chi connectivity index (χ1) is 15.3. The molecular weight excluding hydrogens is 402 g/mol. The van der Waals surface area contributed by atoms with Gasteiger partial charge in [0.15, 0.2) is 0 Å². The monoisotopic (exact) mass is 435 g/mol. The fourth-order valence-electron chi connectivity index (χ4n) is 4.74. The van der Waals surface area contributed by atoms with Crippen LogP contribution in [0.15, 0.2) is 48.7 Å². The third-order valence-corrected chi connectivity index (χ3v) is 6.22. The molecule has 0 unspecified atom stereocenters. The van der Waals surface area contributed by atoms with Crippen LogP contribution in [-0.4, -0.2) is 40.1 Å². The molecule has 1 saturated heterocycles. The van der Waals surface area contributed by atoms with Gasteiger partial charge < -0.3 is 9.64 Å². The maximum absolute atomic E-state index is 13.0. The van der Waals surface area contributed by atoms with Crippen molar-refractivity contribution < 1.29 is 14.3 Å². The van der Waals surface area contributed by atoms with Gasteiger partial charge in [-0.25, -0.2) is 9.78 Å². The molecule has 0 radical (unpaired) electrons. The van der Waals surface area contributed by atoms with Gasteiger partial charge in [-0.1, -0.05) is 37.1 Å². The maximum atomic E-state index is 13.0. The van der Waals surface area contributed by atoms with Crippen LogP contribution >= 0.6 is 0 Å². The summed E-state index contributed by atoms with van der Waals surface area (Å²) in [6.45, 7) is 6.39. The van der Waals surface area contributed by atoms with Crippen molar-refractivity contribution in [3.05, 3.63) is 59.8 Å². The molecule has 0 spiro atoms. The third kappa shape index (κ3) is 4.95. The number of likely N-dealkylation sites (tertiary alicyclic amines) is 1. The highest BCUT2D eigenvalue weighted by Crippen LogP contribution is 2.34. The van der Waals surface area contributed by atoms with E-state index in [9.17, 15) is 9.59 Å². The highest BCUT2D eigenvalue weighted by Gasteiger charge is 2.34. The first-order valence-corrected chi connectivity index (χ1v) is 11.7. The summed E-state index contributed by atoms with van der Waals surface area (Å²) in [5.74, 6) is 0.673. The zero-order valence-electron chi connectivity index (χ0n) is 19.3. The molecule has 4 rings (SSSR count). The highest BCUT2D eigenvalue weighted by molar-refractivity contribution is 5.94. The Bertz CT molecular complexity index is 931. The lowest BCUT2D eigenvalue weighted by Gasteiger charge is -2.31. The minimum atomic E-state index is -0.559. The summed E-state index contributed by atoms with van der Waals surface area (Å²) in [5.41, 5.74) is 1.16. The molecule has 2 aromatic rings. The zero-order valence-corrected chi connectivity index (χ0v) is 19.3. The molecule has 1 aliphatic heterocycles. The molecular formula is C26H33N3O3. The molecule has 0 bridgehead atoms. The lowest BCUT2D eigenvalue weighted by atomic mass is 10.1. The number of aromatic nitrogens is 1. The van der Waals surface area contributed by atoms with Crippen molar-refractivity contribution >= 4 is 17.8 Å². The second-order valence-electron chi connectivity index (χ2n) is 9.76. The smallest absolute Gasteiger partial charge is 0.416 e. The molecule has 2 amide bonds. The van der Waals surface area contributed by atoms with Gasteiger partial charge >= 0.3 is 6.09 Å². The van der Waals surface area contributed by atoms with E-state index in [4.69, 9.17) is 4.74 Å². The molecule has 1 saturated carbocycles. The summed E-state index contributed by atoms with van der Waals surface area (Å²) in [6.07, 6.45) is 7.51. The van der Waals surface area contributed by atoms with E-state index in [-0.39, 0.29) is 24.1 Å². The molecule has 2 fully saturated rings. The fourth-order valence-corrected chi connectivity index (χ4v) is 4.74. The van der Waals surface area contributed by atoms with Crippen LogP contribution in [0.3, 0.4) is 0 Å². The molecule has 1 aromatic heterocycles. The topological polar surface area (TPSA) is 62.7 Å². The van der Waals surface area contributed by atoms with E-state index >= 15 is 0 Å². The predicted octanol–water partition coefficient (Wildman–Crippen LogP) is 5.74. The number of amides is 2. The Morgan fingerprint density at radius 1 is 1.00 bits per heavy atom. The maximum Gasteiger partial charge on any atom is 0.416 e. The number of ether oxygens (including phenoxy) is 1. The van der Waals surface area contributed by atoms with E-state index in [1.54, 1.807) is 4.90 Å². The van der Waals surface area contributed by atoms with Gasteiger partial charge in [-0.15, -0.1) is 0 Å². The van der Waals surface area contributed by atoms with Gasteiger partial charge in [-0.05, 0) is 70.2 Å². The van der Waals surface area contributed by atoms with Crippen LogP contribution in [-0.2, 0) is 4.74 Å². The standard InChI is InChI=1S/C26H33N3O3/c1-26(2,3)32-25(31)29(21-12-7-8-13-21)23-16-15-20(18-27-23)22-14-9-17-28(22)24(30)19-10-5-4-6-11-19/h4-6,10-11,15-16,18,21-22H,7-9,12-14,17H2,1-3H3/t22-/m1/s1. The number of carbonyl (C=O) groups is 2. The Kier molecular flexibility index (Phi) is 6.49. The Labute approximate surface area is 190 Å². The summed E-state index contributed by atoms with van der Waals surface area (Å²) >= 11 is 0. The summed E-state index contributed by atoms with van der Waals surface area (Å²) in [6, 6.07) is 13.5. The molecule has 0 N–H and O–H groups in total. The number of hydrogen-bond donors (Lipinski definition) is 0. The predicted molar refractivity (Wildman–Crippen MR) is 125 cm³/mol. The van der Waals surface area contributed by atoms with E-state index in [0.717, 1.165) is 50.6 Å². The highest BCUT2D eigenvalue weighted by atomic mass is 16.6. The van der Waals surface area contributed by atoms with Crippen molar-refractivity contribution in [1.82, 2.24) is 9.88 Å². The number of benzene rings is 1. The van der Waals surface area contributed by atoms with Gasteiger partial charge in [0.05, 0.1) is 6.04 Å². The average Bonchev–Trinajstić information content (AvgIpc) is 3.46. The van der Waals surface area contributed by atoms with Gasteiger partial charge in [0.1, 0.15) is 11.4 Å². The molecule has 1 aromatic carbocycles. The van der Waals surface area contributed by atoms with Crippen molar-refractivity contribution in [1.29, 1.82) is 0 Å². The Hall–Kier alpha value is -2.89. The van der Waals surface area contributed by atoms with E-state index in [2.05, 4.69) is 4.98 Å². The quantitative estimate of drug-likeness (QED) is 0.614. The summed E-state index contributed by atoms with van der Waals surface area (Å²) in [4.78, 5) is 34.4. The van der Waals surface area contributed by atoms with Crippen LogP contribution in [0, 0.1) is 0 Å². The summed E-state index contributed by atoms with van der Waals surface area (Å²) in [5, 5.41) is 0. The number of carbonyl (C=O) groups excluding carboxylic acids is 2. The lowest BCUT2D eigenvalue weighted by molar-refractivity contribution is 0.0564. The zero-order chi connectivity index (χ0) is 22.7. The molecule has 6 nitrogen and oxygen atoms in total. The average molecular weight is 436 g/mol. The summed E-state index contributed by atoms with van der Waals surface area (Å²) < 4.78 is 5.69.